The van der Waals surface area contributed by atoms with Gasteiger partial charge in [0, 0.05) is 19.1 Å². The third kappa shape index (κ3) is 2.55. The molecule has 1 heterocycles. The molecule has 0 unspecified atom stereocenters. The standard InChI is InChI=1S/C28H41N/c1-19(29-17-24-10-11-27(4,18-29)26(24,2)3)25-21-12-20-13-22(25)16-28(14-20,15-21)23-8-6-5-7-9-23/h5-9,19-22,24-25H,10-18H2,1-4H3/t19-,20?,21-,22-,24+,25?,27+,28?/m1/s1. The molecule has 6 aliphatic rings. The fraction of sp³-hybridized carbons (Fsp3) is 0.786. The first-order valence-electron chi connectivity index (χ1n) is 12.6. The number of hydrogen-bond donors (Lipinski definition) is 0. The van der Waals surface area contributed by atoms with E-state index in [0.717, 1.165) is 35.6 Å². The van der Waals surface area contributed by atoms with Gasteiger partial charge in [-0.3, -0.25) is 4.90 Å². The Bertz CT molecular complexity index is 765. The summed E-state index contributed by atoms with van der Waals surface area (Å²) in [7, 11) is 0. The Kier molecular flexibility index (Phi) is 3.99. The van der Waals surface area contributed by atoms with Gasteiger partial charge in [0.05, 0.1) is 0 Å². The van der Waals surface area contributed by atoms with E-state index in [1.807, 2.05) is 0 Å². The van der Waals surface area contributed by atoms with Gasteiger partial charge in [0.1, 0.15) is 0 Å². The molecule has 0 N–H and O–H groups in total. The lowest BCUT2D eigenvalue weighted by Gasteiger charge is -2.63. The van der Waals surface area contributed by atoms with Crippen molar-refractivity contribution in [3.63, 3.8) is 0 Å². The van der Waals surface area contributed by atoms with E-state index in [1.54, 1.807) is 5.56 Å². The van der Waals surface area contributed by atoms with Gasteiger partial charge in [0.15, 0.2) is 0 Å². The second kappa shape index (κ2) is 6.12. The van der Waals surface area contributed by atoms with Gasteiger partial charge in [-0.05, 0) is 103 Å². The summed E-state index contributed by atoms with van der Waals surface area (Å²) >= 11 is 0. The number of rotatable bonds is 3. The Morgan fingerprint density at radius 3 is 2.31 bits per heavy atom. The highest BCUT2D eigenvalue weighted by atomic mass is 15.2. The van der Waals surface area contributed by atoms with Crippen molar-refractivity contribution in [3.8, 4) is 0 Å². The molecule has 0 radical (unpaired) electrons. The van der Waals surface area contributed by atoms with Crippen LogP contribution in [-0.4, -0.2) is 24.0 Å². The van der Waals surface area contributed by atoms with Gasteiger partial charge in [-0.2, -0.15) is 0 Å². The van der Waals surface area contributed by atoms with Gasteiger partial charge >= 0.3 is 0 Å². The third-order valence-electron chi connectivity index (χ3n) is 11.5. The SMILES string of the molecule is C[C@H](C1[C@@H]2CC3C[C@@H]1CC(c1ccccc1)(C3)C2)N1C[C@@H]2CC[C@@](C)(C1)C2(C)C. The molecule has 0 aromatic heterocycles. The van der Waals surface area contributed by atoms with Gasteiger partial charge in [0.25, 0.3) is 0 Å². The Hall–Kier alpha value is -0.820. The summed E-state index contributed by atoms with van der Waals surface area (Å²) in [6.45, 7) is 13.1. The summed E-state index contributed by atoms with van der Waals surface area (Å²) in [4.78, 5) is 2.98. The number of fused-ring (bicyclic) bond motifs is 2. The first kappa shape index (κ1) is 18.9. The average Bonchev–Trinajstić information content (AvgIpc) is 2.83. The average molecular weight is 392 g/mol. The molecular formula is C28H41N. The molecule has 0 amide bonds. The molecule has 6 bridgehead atoms. The molecule has 0 spiro atoms. The molecular weight excluding hydrogens is 350 g/mol. The predicted molar refractivity (Wildman–Crippen MR) is 121 cm³/mol. The van der Waals surface area contributed by atoms with Crippen molar-refractivity contribution < 1.29 is 0 Å². The van der Waals surface area contributed by atoms with E-state index in [0.29, 0.717) is 16.2 Å². The van der Waals surface area contributed by atoms with E-state index >= 15 is 0 Å². The minimum atomic E-state index is 0.517. The van der Waals surface area contributed by atoms with Crippen molar-refractivity contribution in [2.75, 3.05) is 13.1 Å². The molecule has 1 heteroatoms. The second-order valence-corrected chi connectivity index (χ2v) is 12.9. The van der Waals surface area contributed by atoms with Gasteiger partial charge in [0.2, 0.25) is 0 Å². The molecule has 1 nitrogen and oxygen atoms in total. The maximum Gasteiger partial charge on any atom is 0.0101 e. The van der Waals surface area contributed by atoms with Crippen molar-refractivity contribution in [2.24, 2.45) is 40.4 Å². The lowest BCUT2D eigenvalue weighted by atomic mass is 9.44. The van der Waals surface area contributed by atoms with E-state index in [2.05, 4.69) is 62.9 Å². The van der Waals surface area contributed by atoms with Gasteiger partial charge < -0.3 is 0 Å². The zero-order valence-corrected chi connectivity index (χ0v) is 19.2. The smallest absolute Gasteiger partial charge is 0.0101 e. The van der Waals surface area contributed by atoms with Crippen LogP contribution < -0.4 is 0 Å². The van der Waals surface area contributed by atoms with Gasteiger partial charge in [-0.25, -0.2) is 0 Å². The zero-order chi connectivity index (χ0) is 20.0. The minimum Gasteiger partial charge on any atom is -0.300 e. The van der Waals surface area contributed by atoms with Crippen molar-refractivity contribution in [1.82, 2.24) is 4.90 Å². The second-order valence-electron chi connectivity index (χ2n) is 12.9. The molecule has 29 heavy (non-hydrogen) atoms. The van der Waals surface area contributed by atoms with Crippen LogP contribution in [0.3, 0.4) is 0 Å². The summed E-state index contributed by atoms with van der Waals surface area (Å²) < 4.78 is 0. The van der Waals surface area contributed by atoms with Crippen LogP contribution in [0, 0.1) is 40.4 Å². The summed E-state index contributed by atoms with van der Waals surface area (Å²) in [5, 5.41) is 0. The lowest BCUT2D eigenvalue weighted by Crippen LogP contribution is -2.61. The van der Waals surface area contributed by atoms with E-state index in [1.165, 1.54) is 58.0 Å². The number of likely N-dealkylation sites (tertiary alicyclic amines) is 1. The van der Waals surface area contributed by atoms with Crippen LogP contribution in [0.15, 0.2) is 30.3 Å². The fourth-order valence-corrected chi connectivity index (χ4v) is 9.62. The molecule has 1 aliphatic heterocycles. The normalized spacial score (nSPS) is 48.8. The molecule has 6 fully saturated rings. The number of nitrogens with zero attached hydrogens (tertiary/aromatic N) is 1. The number of hydrogen-bond acceptors (Lipinski definition) is 1. The predicted octanol–water partition coefficient (Wildman–Crippen LogP) is 6.53. The molecule has 5 atom stereocenters. The van der Waals surface area contributed by atoms with Crippen molar-refractivity contribution in [2.45, 2.75) is 84.1 Å². The summed E-state index contributed by atoms with van der Waals surface area (Å²) in [5.41, 5.74) is 3.24. The Labute approximate surface area is 178 Å². The fourth-order valence-electron chi connectivity index (χ4n) is 9.62. The van der Waals surface area contributed by atoms with Crippen molar-refractivity contribution >= 4 is 0 Å². The van der Waals surface area contributed by atoms with E-state index in [-0.39, 0.29) is 0 Å². The highest BCUT2D eigenvalue weighted by Crippen LogP contribution is 2.65. The zero-order valence-electron chi connectivity index (χ0n) is 19.2. The van der Waals surface area contributed by atoms with Crippen LogP contribution in [0.25, 0.3) is 0 Å². The van der Waals surface area contributed by atoms with Crippen molar-refractivity contribution in [3.05, 3.63) is 35.9 Å². The first-order valence-corrected chi connectivity index (χ1v) is 12.6. The van der Waals surface area contributed by atoms with Gasteiger partial charge in [-0.1, -0.05) is 51.1 Å². The van der Waals surface area contributed by atoms with Crippen LogP contribution in [0.2, 0.25) is 0 Å². The summed E-state index contributed by atoms with van der Waals surface area (Å²) in [5.74, 6) is 4.81. The maximum absolute atomic E-state index is 2.98. The Morgan fingerprint density at radius 2 is 1.66 bits per heavy atom. The van der Waals surface area contributed by atoms with Crippen LogP contribution in [0.4, 0.5) is 0 Å². The first-order chi connectivity index (χ1) is 13.8. The molecule has 1 saturated heterocycles. The lowest BCUT2D eigenvalue weighted by molar-refractivity contribution is -0.109. The molecule has 158 valence electrons. The quantitative estimate of drug-likeness (QED) is 0.566. The highest BCUT2D eigenvalue weighted by Gasteiger charge is 2.60. The third-order valence-corrected chi connectivity index (χ3v) is 11.5. The van der Waals surface area contributed by atoms with Gasteiger partial charge in [-0.15, -0.1) is 0 Å². The molecule has 1 aromatic carbocycles. The van der Waals surface area contributed by atoms with E-state index < -0.39 is 0 Å². The Balaban J connectivity index is 1.26. The molecule has 5 saturated carbocycles. The largest absolute Gasteiger partial charge is 0.300 e. The van der Waals surface area contributed by atoms with Crippen LogP contribution in [0.1, 0.15) is 78.2 Å². The topological polar surface area (TPSA) is 3.24 Å². The molecule has 7 rings (SSSR count). The van der Waals surface area contributed by atoms with Crippen LogP contribution >= 0.6 is 0 Å². The highest BCUT2D eigenvalue weighted by molar-refractivity contribution is 5.30. The van der Waals surface area contributed by atoms with E-state index in [9.17, 15) is 0 Å². The molecule has 1 aromatic rings. The molecule has 5 aliphatic carbocycles. The summed E-state index contributed by atoms with van der Waals surface area (Å²) in [6.07, 6.45) is 10.4. The summed E-state index contributed by atoms with van der Waals surface area (Å²) in [6, 6.07) is 12.4. The minimum absolute atomic E-state index is 0.517. The number of benzene rings is 1. The van der Waals surface area contributed by atoms with E-state index in [4.69, 9.17) is 0 Å². The van der Waals surface area contributed by atoms with Crippen LogP contribution in [0.5, 0.6) is 0 Å². The Morgan fingerprint density at radius 1 is 0.966 bits per heavy atom. The van der Waals surface area contributed by atoms with Crippen LogP contribution in [-0.2, 0) is 5.41 Å². The maximum atomic E-state index is 2.98. The number of piperidine rings is 1. The van der Waals surface area contributed by atoms with Crippen molar-refractivity contribution in [1.29, 1.82) is 0 Å². The monoisotopic (exact) mass is 391 g/mol.